The predicted octanol–water partition coefficient (Wildman–Crippen LogP) is 3.05. The molecule has 0 saturated heterocycles. The van der Waals surface area contributed by atoms with Crippen LogP contribution in [0.5, 0.6) is 0 Å². The maximum absolute atomic E-state index is 12.7. The number of benzene rings is 1. The van der Waals surface area contributed by atoms with Crippen molar-refractivity contribution in [3.05, 3.63) is 29.8 Å². The van der Waals surface area contributed by atoms with Crippen molar-refractivity contribution in [3.63, 3.8) is 0 Å². The molecule has 104 valence electrons. The highest BCUT2D eigenvalue weighted by atomic mass is 32.1. The van der Waals surface area contributed by atoms with Gasteiger partial charge in [0.1, 0.15) is 0 Å². The van der Waals surface area contributed by atoms with Gasteiger partial charge in [0.15, 0.2) is 0 Å². The molecule has 19 heavy (non-hydrogen) atoms. The summed E-state index contributed by atoms with van der Waals surface area (Å²) in [5.74, 6) is -0.0335. The third kappa shape index (κ3) is 2.95. The largest absolute Gasteiger partial charge is 0.392 e. The summed E-state index contributed by atoms with van der Waals surface area (Å²) in [5, 5.41) is 0. The van der Waals surface area contributed by atoms with E-state index in [-0.39, 0.29) is 10.9 Å². The van der Waals surface area contributed by atoms with Gasteiger partial charge in [0.25, 0.3) is 0 Å². The van der Waals surface area contributed by atoms with Crippen LogP contribution in [0.3, 0.4) is 0 Å². The molecule has 0 saturated carbocycles. The van der Waals surface area contributed by atoms with Crippen molar-refractivity contribution in [2.75, 3.05) is 11.9 Å². The average Bonchev–Trinajstić information content (AvgIpc) is 2.40. The summed E-state index contributed by atoms with van der Waals surface area (Å²) in [4.78, 5) is 14.6. The molecule has 0 heterocycles. The summed E-state index contributed by atoms with van der Waals surface area (Å²) < 4.78 is 0. The lowest BCUT2D eigenvalue weighted by Gasteiger charge is -2.33. The topological polar surface area (TPSA) is 46.3 Å². The van der Waals surface area contributed by atoms with Crippen molar-refractivity contribution >= 4 is 28.8 Å². The zero-order valence-corrected chi connectivity index (χ0v) is 12.9. The van der Waals surface area contributed by atoms with Gasteiger partial charge in [0.2, 0.25) is 5.91 Å². The van der Waals surface area contributed by atoms with Gasteiger partial charge < -0.3 is 10.6 Å². The first-order valence-electron chi connectivity index (χ1n) is 6.53. The fourth-order valence-corrected chi connectivity index (χ4v) is 2.59. The number of nitrogens with two attached hydrogens (primary N) is 1. The van der Waals surface area contributed by atoms with Gasteiger partial charge in [-0.15, -0.1) is 0 Å². The van der Waals surface area contributed by atoms with E-state index < -0.39 is 5.41 Å². The number of rotatable bonds is 5. The van der Waals surface area contributed by atoms with Crippen molar-refractivity contribution in [1.29, 1.82) is 0 Å². The Morgan fingerprint density at radius 2 is 1.74 bits per heavy atom. The Hall–Kier alpha value is -1.42. The molecule has 1 aromatic rings. The van der Waals surface area contributed by atoms with E-state index in [0.29, 0.717) is 12.8 Å². The van der Waals surface area contributed by atoms with Crippen molar-refractivity contribution in [2.24, 2.45) is 11.1 Å². The lowest BCUT2D eigenvalue weighted by molar-refractivity contribution is -0.124. The molecule has 0 aliphatic carbocycles. The van der Waals surface area contributed by atoms with Crippen LogP contribution in [0.15, 0.2) is 24.3 Å². The molecule has 1 rings (SSSR count). The van der Waals surface area contributed by atoms with Crippen LogP contribution in [0.2, 0.25) is 0 Å². The van der Waals surface area contributed by atoms with E-state index in [9.17, 15) is 4.79 Å². The van der Waals surface area contributed by atoms with Crippen LogP contribution in [0, 0.1) is 12.3 Å². The molecule has 0 aliphatic rings. The Kier molecular flexibility index (Phi) is 5.06. The number of anilines is 1. The number of thiocarbonyl (C=S) groups is 1. The molecular formula is C15H22N2OS. The molecule has 3 nitrogen and oxygen atoms in total. The highest BCUT2D eigenvalue weighted by Gasteiger charge is 2.40. The lowest BCUT2D eigenvalue weighted by Crippen LogP contribution is -2.49. The van der Waals surface area contributed by atoms with Gasteiger partial charge >= 0.3 is 0 Å². The van der Waals surface area contributed by atoms with Crippen LogP contribution in [-0.4, -0.2) is 17.9 Å². The van der Waals surface area contributed by atoms with E-state index in [2.05, 4.69) is 0 Å². The maximum Gasteiger partial charge on any atom is 0.239 e. The quantitative estimate of drug-likeness (QED) is 0.842. The summed E-state index contributed by atoms with van der Waals surface area (Å²) >= 11 is 5.12. The minimum atomic E-state index is -0.741. The third-order valence-corrected chi connectivity index (χ3v) is 4.20. The fourth-order valence-electron chi connectivity index (χ4n) is 2.21. The van der Waals surface area contributed by atoms with Crippen LogP contribution >= 0.6 is 12.2 Å². The molecule has 0 aromatic heterocycles. The molecule has 0 radical (unpaired) electrons. The zero-order valence-electron chi connectivity index (χ0n) is 12.1. The van der Waals surface area contributed by atoms with Gasteiger partial charge in [-0.25, -0.2) is 0 Å². The fraction of sp³-hybridized carbons (Fsp3) is 0.467. The summed E-state index contributed by atoms with van der Waals surface area (Å²) in [6.45, 7) is 5.91. The first kappa shape index (κ1) is 15.6. The minimum absolute atomic E-state index is 0.0335. The van der Waals surface area contributed by atoms with Crippen molar-refractivity contribution in [2.45, 2.75) is 33.6 Å². The first-order valence-corrected chi connectivity index (χ1v) is 6.94. The second-order valence-electron chi connectivity index (χ2n) is 4.85. The Morgan fingerprint density at radius 1 is 1.26 bits per heavy atom. The van der Waals surface area contributed by atoms with Crippen LogP contribution in [-0.2, 0) is 4.79 Å². The van der Waals surface area contributed by atoms with Gasteiger partial charge in [-0.2, -0.15) is 0 Å². The summed E-state index contributed by atoms with van der Waals surface area (Å²) in [6.07, 6.45) is 1.24. The van der Waals surface area contributed by atoms with E-state index in [4.69, 9.17) is 18.0 Å². The van der Waals surface area contributed by atoms with Gasteiger partial charge in [-0.1, -0.05) is 43.8 Å². The minimum Gasteiger partial charge on any atom is -0.392 e. The van der Waals surface area contributed by atoms with Crippen LogP contribution in [0.1, 0.15) is 32.3 Å². The molecule has 0 spiro atoms. The Balaban J connectivity index is 3.10. The summed E-state index contributed by atoms with van der Waals surface area (Å²) in [5.41, 5.74) is 7.10. The third-order valence-electron chi connectivity index (χ3n) is 3.81. The number of nitrogens with zero attached hydrogens (tertiary/aromatic N) is 1. The molecule has 0 aliphatic heterocycles. The number of amides is 1. The lowest BCUT2D eigenvalue weighted by atomic mass is 9.80. The Bertz CT molecular complexity index is 464. The molecule has 1 aromatic carbocycles. The number of carbonyl (C=O) groups is 1. The second kappa shape index (κ2) is 6.15. The SMILES string of the molecule is CCC(CC)(C(=O)N(C)c1ccc(C)cc1)C(N)=S. The smallest absolute Gasteiger partial charge is 0.239 e. The maximum atomic E-state index is 12.7. The van der Waals surface area contributed by atoms with Crippen LogP contribution < -0.4 is 10.6 Å². The van der Waals surface area contributed by atoms with E-state index in [0.717, 1.165) is 11.3 Å². The van der Waals surface area contributed by atoms with Gasteiger partial charge in [0.05, 0.1) is 10.4 Å². The number of hydrogen-bond acceptors (Lipinski definition) is 2. The predicted molar refractivity (Wildman–Crippen MR) is 84.4 cm³/mol. The molecule has 1 amide bonds. The summed E-state index contributed by atoms with van der Waals surface area (Å²) in [6, 6.07) is 7.84. The number of carbonyl (C=O) groups excluding carboxylic acids is 1. The van der Waals surface area contributed by atoms with E-state index >= 15 is 0 Å². The monoisotopic (exact) mass is 278 g/mol. The molecule has 4 heteroatoms. The number of aryl methyl sites for hydroxylation is 1. The molecular weight excluding hydrogens is 256 g/mol. The van der Waals surface area contributed by atoms with Crippen molar-refractivity contribution in [3.8, 4) is 0 Å². The van der Waals surface area contributed by atoms with Gasteiger partial charge in [0, 0.05) is 12.7 Å². The van der Waals surface area contributed by atoms with E-state index in [1.807, 2.05) is 45.0 Å². The van der Waals surface area contributed by atoms with E-state index in [1.165, 1.54) is 0 Å². The second-order valence-corrected chi connectivity index (χ2v) is 5.29. The molecule has 0 fully saturated rings. The molecule has 0 unspecified atom stereocenters. The van der Waals surface area contributed by atoms with Gasteiger partial charge in [-0.3, -0.25) is 4.79 Å². The Labute approximate surface area is 120 Å². The molecule has 2 N–H and O–H groups in total. The Morgan fingerprint density at radius 3 is 2.11 bits per heavy atom. The first-order chi connectivity index (χ1) is 8.89. The highest BCUT2D eigenvalue weighted by Crippen LogP contribution is 2.31. The van der Waals surface area contributed by atoms with Crippen LogP contribution in [0.4, 0.5) is 5.69 Å². The normalized spacial score (nSPS) is 11.2. The number of hydrogen-bond donors (Lipinski definition) is 1. The average molecular weight is 278 g/mol. The standard InChI is InChI=1S/C15H22N2OS/c1-5-15(6-2,13(16)19)14(18)17(4)12-9-7-11(3)8-10-12/h7-10H,5-6H2,1-4H3,(H2,16,19). The molecule has 0 bridgehead atoms. The van der Waals surface area contributed by atoms with Crippen LogP contribution in [0.25, 0.3) is 0 Å². The van der Waals surface area contributed by atoms with Crippen molar-refractivity contribution in [1.82, 2.24) is 0 Å². The van der Waals surface area contributed by atoms with E-state index in [1.54, 1.807) is 11.9 Å². The van der Waals surface area contributed by atoms with Crippen molar-refractivity contribution < 1.29 is 4.79 Å². The highest BCUT2D eigenvalue weighted by molar-refractivity contribution is 7.80. The zero-order chi connectivity index (χ0) is 14.6. The molecule has 0 atom stereocenters. The van der Waals surface area contributed by atoms with Gasteiger partial charge in [-0.05, 0) is 31.9 Å². The summed E-state index contributed by atoms with van der Waals surface area (Å²) in [7, 11) is 1.77.